The van der Waals surface area contributed by atoms with Gasteiger partial charge in [0.25, 0.3) is 5.91 Å². The smallest absolute Gasteiger partial charge is 0.276 e. The molecular weight excluding hydrogens is 306 g/mol. The number of aromatic amines is 1. The van der Waals surface area contributed by atoms with Gasteiger partial charge in [-0.2, -0.15) is 10.4 Å². The van der Waals surface area contributed by atoms with E-state index in [2.05, 4.69) is 26.5 Å². The lowest BCUT2D eigenvalue weighted by Gasteiger charge is -2.32. The molecule has 1 aliphatic rings. The first-order valence-corrected chi connectivity index (χ1v) is 7.87. The maximum atomic E-state index is 12.1. The Morgan fingerprint density at radius 3 is 2.79 bits per heavy atom. The number of carbonyl (C=O) groups excluding carboxylic acids is 1. The SMILES string of the molecule is Cc1cc(C(=O)Nc2ccc(N3CCC(O)CC3)c(C#N)c2)n[nH]1. The van der Waals surface area contributed by atoms with Crippen LogP contribution in [0.3, 0.4) is 0 Å². The van der Waals surface area contributed by atoms with E-state index in [1.807, 2.05) is 13.0 Å². The van der Waals surface area contributed by atoms with E-state index in [0.717, 1.165) is 11.4 Å². The fraction of sp³-hybridized carbons (Fsp3) is 0.353. The van der Waals surface area contributed by atoms with E-state index in [-0.39, 0.29) is 12.0 Å². The van der Waals surface area contributed by atoms with Crippen LogP contribution >= 0.6 is 0 Å². The Morgan fingerprint density at radius 2 is 2.17 bits per heavy atom. The molecule has 1 amide bonds. The number of aliphatic hydroxyl groups is 1. The second kappa shape index (κ2) is 6.72. The van der Waals surface area contributed by atoms with Crippen LogP contribution < -0.4 is 10.2 Å². The number of nitrogens with one attached hydrogen (secondary N) is 2. The highest BCUT2D eigenvalue weighted by atomic mass is 16.3. The number of nitrogens with zero attached hydrogens (tertiary/aromatic N) is 3. The first-order valence-electron chi connectivity index (χ1n) is 7.87. The van der Waals surface area contributed by atoms with Gasteiger partial charge in [0.15, 0.2) is 5.69 Å². The second-order valence-electron chi connectivity index (χ2n) is 5.95. The number of rotatable bonds is 3. The van der Waals surface area contributed by atoms with E-state index in [9.17, 15) is 15.2 Å². The number of nitriles is 1. The van der Waals surface area contributed by atoms with Crippen molar-refractivity contribution in [2.45, 2.75) is 25.9 Å². The van der Waals surface area contributed by atoms with Crippen LogP contribution in [0.25, 0.3) is 0 Å². The molecule has 0 saturated carbocycles. The van der Waals surface area contributed by atoms with Gasteiger partial charge in [0.05, 0.1) is 17.4 Å². The van der Waals surface area contributed by atoms with Crippen molar-refractivity contribution < 1.29 is 9.90 Å². The Hall–Kier alpha value is -2.85. The number of aromatic nitrogens is 2. The third kappa shape index (κ3) is 3.39. The summed E-state index contributed by atoms with van der Waals surface area (Å²) in [5, 5.41) is 28.4. The molecule has 1 aromatic heterocycles. The molecule has 0 aliphatic carbocycles. The zero-order valence-electron chi connectivity index (χ0n) is 13.4. The average Bonchev–Trinajstić information content (AvgIpc) is 3.02. The lowest BCUT2D eigenvalue weighted by Crippen LogP contribution is -2.36. The quantitative estimate of drug-likeness (QED) is 0.798. The van der Waals surface area contributed by atoms with Crippen LogP contribution in [0.4, 0.5) is 11.4 Å². The van der Waals surface area contributed by atoms with Crippen molar-refractivity contribution in [3.63, 3.8) is 0 Å². The van der Waals surface area contributed by atoms with Gasteiger partial charge in [0, 0.05) is 24.5 Å². The van der Waals surface area contributed by atoms with Crippen LogP contribution in [0.15, 0.2) is 24.3 Å². The van der Waals surface area contributed by atoms with Crippen molar-refractivity contribution in [1.82, 2.24) is 10.2 Å². The van der Waals surface area contributed by atoms with Crippen molar-refractivity contribution in [3.8, 4) is 6.07 Å². The number of benzene rings is 1. The normalized spacial score (nSPS) is 15.1. The Morgan fingerprint density at radius 1 is 1.42 bits per heavy atom. The van der Waals surface area contributed by atoms with E-state index in [1.165, 1.54) is 0 Å². The first kappa shape index (κ1) is 16.0. The standard InChI is InChI=1S/C17H19N5O2/c1-11-8-15(21-20-11)17(24)19-13-2-3-16(12(9-13)10-18)22-6-4-14(23)5-7-22/h2-3,8-9,14,23H,4-7H2,1H3,(H,19,24)(H,20,21). The number of anilines is 2. The second-order valence-corrected chi connectivity index (χ2v) is 5.95. The number of H-pyrrole nitrogens is 1. The number of carbonyl (C=O) groups is 1. The third-order valence-electron chi connectivity index (χ3n) is 4.12. The van der Waals surface area contributed by atoms with Crippen LogP contribution in [-0.4, -0.2) is 40.4 Å². The summed E-state index contributed by atoms with van der Waals surface area (Å²) >= 11 is 0. The fourth-order valence-corrected chi connectivity index (χ4v) is 2.82. The van der Waals surface area contributed by atoms with Crippen LogP contribution in [0.1, 0.15) is 34.6 Å². The molecule has 0 unspecified atom stereocenters. The summed E-state index contributed by atoms with van der Waals surface area (Å²) in [4.78, 5) is 14.2. The number of amides is 1. The molecule has 3 rings (SSSR count). The van der Waals surface area contributed by atoms with Crippen LogP contribution in [-0.2, 0) is 0 Å². The molecule has 1 aliphatic heterocycles. The van der Waals surface area contributed by atoms with Gasteiger partial charge >= 0.3 is 0 Å². The molecule has 1 saturated heterocycles. The molecule has 1 fully saturated rings. The van der Waals surface area contributed by atoms with Gasteiger partial charge in [-0.05, 0) is 44.0 Å². The number of piperidine rings is 1. The summed E-state index contributed by atoms with van der Waals surface area (Å²) in [6.45, 7) is 3.25. The highest BCUT2D eigenvalue weighted by molar-refractivity contribution is 6.03. The highest BCUT2D eigenvalue weighted by Crippen LogP contribution is 2.26. The number of aliphatic hydroxyl groups excluding tert-OH is 1. The van der Waals surface area contributed by atoms with Gasteiger partial charge in [-0.1, -0.05) is 0 Å². The van der Waals surface area contributed by atoms with Gasteiger partial charge in [-0.25, -0.2) is 0 Å². The molecule has 1 aromatic carbocycles. The maximum Gasteiger partial charge on any atom is 0.276 e. The molecule has 2 heterocycles. The largest absolute Gasteiger partial charge is 0.393 e. The number of hydrogen-bond acceptors (Lipinski definition) is 5. The summed E-state index contributed by atoms with van der Waals surface area (Å²) in [6.07, 6.45) is 1.13. The topological polar surface area (TPSA) is 105 Å². The Balaban J connectivity index is 1.77. The molecule has 2 aromatic rings. The van der Waals surface area contributed by atoms with Crippen molar-refractivity contribution in [3.05, 3.63) is 41.2 Å². The molecule has 0 spiro atoms. The lowest BCUT2D eigenvalue weighted by atomic mass is 10.0. The van der Waals surface area contributed by atoms with Gasteiger partial charge in [-0.3, -0.25) is 9.89 Å². The molecule has 0 atom stereocenters. The Kier molecular flexibility index (Phi) is 4.49. The van der Waals surface area contributed by atoms with E-state index in [1.54, 1.807) is 18.2 Å². The van der Waals surface area contributed by atoms with Crippen molar-refractivity contribution in [2.75, 3.05) is 23.3 Å². The average molecular weight is 325 g/mol. The monoisotopic (exact) mass is 325 g/mol. The van der Waals surface area contributed by atoms with Gasteiger partial charge in [-0.15, -0.1) is 0 Å². The Labute approximate surface area is 139 Å². The molecule has 24 heavy (non-hydrogen) atoms. The fourth-order valence-electron chi connectivity index (χ4n) is 2.82. The number of hydrogen-bond donors (Lipinski definition) is 3. The molecule has 7 heteroatoms. The van der Waals surface area contributed by atoms with Gasteiger partial charge in [0.2, 0.25) is 0 Å². The van der Waals surface area contributed by atoms with Gasteiger partial charge < -0.3 is 15.3 Å². The summed E-state index contributed by atoms with van der Waals surface area (Å²) in [5.74, 6) is -0.322. The van der Waals surface area contributed by atoms with E-state index >= 15 is 0 Å². The van der Waals surface area contributed by atoms with Gasteiger partial charge in [0.1, 0.15) is 6.07 Å². The third-order valence-corrected chi connectivity index (χ3v) is 4.12. The van der Waals surface area contributed by atoms with E-state index < -0.39 is 0 Å². The van der Waals surface area contributed by atoms with E-state index in [4.69, 9.17) is 0 Å². The molecular formula is C17H19N5O2. The minimum Gasteiger partial charge on any atom is -0.393 e. The zero-order valence-corrected chi connectivity index (χ0v) is 13.4. The highest BCUT2D eigenvalue weighted by Gasteiger charge is 2.20. The predicted octanol–water partition coefficient (Wildman–Crippen LogP) is 1.80. The molecule has 7 nitrogen and oxygen atoms in total. The molecule has 124 valence electrons. The van der Waals surface area contributed by atoms with Crippen LogP contribution in [0.5, 0.6) is 0 Å². The minimum atomic E-state index is -0.322. The zero-order chi connectivity index (χ0) is 17.1. The van der Waals surface area contributed by atoms with Crippen molar-refractivity contribution >= 4 is 17.3 Å². The predicted molar refractivity (Wildman–Crippen MR) is 89.9 cm³/mol. The molecule has 0 bridgehead atoms. The molecule has 3 N–H and O–H groups in total. The minimum absolute atomic E-state index is 0.261. The summed E-state index contributed by atoms with van der Waals surface area (Å²) < 4.78 is 0. The van der Waals surface area contributed by atoms with Crippen LogP contribution in [0, 0.1) is 18.3 Å². The Bertz CT molecular complexity index is 785. The summed E-state index contributed by atoms with van der Waals surface area (Å²) in [7, 11) is 0. The molecule has 0 radical (unpaired) electrons. The number of aryl methyl sites for hydroxylation is 1. The summed E-state index contributed by atoms with van der Waals surface area (Å²) in [6, 6.07) is 9.12. The van der Waals surface area contributed by atoms with Crippen molar-refractivity contribution in [2.24, 2.45) is 0 Å². The lowest BCUT2D eigenvalue weighted by molar-refractivity contribution is 0.102. The summed E-state index contributed by atoms with van der Waals surface area (Å²) in [5.41, 5.74) is 3.00. The van der Waals surface area contributed by atoms with E-state index in [0.29, 0.717) is 42.9 Å². The van der Waals surface area contributed by atoms with Crippen molar-refractivity contribution in [1.29, 1.82) is 5.26 Å². The van der Waals surface area contributed by atoms with Crippen LogP contribution in [0.2, 0.25) is 0 Å². The maximum absolute atomic E-state index is 12.1. The first-order chi connectivity index (χ1) is 11.6.